The highest BCUT2D eigenvalue weighted by Gasteiger charge is 2.25. The molecule has 0 saturated heterocycles. The molecule has 1 aliphatic rings. The van der Waals surface area contributed by atoms with Crippen LogP contribution in [0.4, 0.5) is 0 Å². The summed E-state index contributed by atoms with van der Waals surface area (Å²) in [6.45, 7) is 0. The van der Waals surface area contributed by atoms with E-state index in [1.54, 1.807) is 0 Å². The molecule has 1 fully saturated rings. The first-order chi connectivity index (χ1) is 12.7. The Kier molecular flexibility index (Phi) is 4.81. The number of hydrogen-bond acceptors (Lipinski definition) is 3. The van der Waals surface area contributed by atoms with Crippen molar-refractivity contribution in [2.75, 3.05) is 7.11 Å². The van der Waals surface area contributed by atoms with Crippen molar-refractivity contribution in [3.05, 3.63) is 52.1 Å². The van der Waals surface area contributed by atoms with Crippen LogP contribution >= 0.6 is 15.9 Å². The van der Waals surface area contributed by atoms with Crippen LogP contribution in [0.25, 0.3) is 22.3 Å². The molecular formula is C21H21BrN2O2. The predicted octanol–water partition coefficient (Wildman–Crippen LogP) is 5.83. The zero-order valence-corrected chi connectivity index (χ0v) is 16.3. The van der Waals surface area contributed by atoms with Crippen molar-refractivity contribution >= 4 is 32.8 Å². The number of H-pyrrole nitrogens is 1. The van der Waals surface area contributed by atoms with Crippen LogP contribution in [0.2, 0.25) is 0 Å². The van der Waals surface area contributed by atoms with Crippen LogP contribution < -0.4 is 0 Å². The molecule has 2 heterocycles. The quantitative estimate of drug-likeness (QED) is 0.550. The maximum atomic E-state index is 11.9. The lowest BCUT2D eigenvalue weighted by molar-refractivity contribution is 0.0601. The number of ether oxygens (including phenoxy) is 1. The maximum Gasteiger partial charge on any atom is 0.337 e. The van der Waals surface area contributed by atoms with Gasteiger partial charge in [0.05, 0.1) is 18.4 Å². The van der Waals surface area contributed by atoms with Crippen LogP contribution in [0.15, 0.2) is 41.0 Å². The second kappa shape index (κ2) is 7.23. The molecule has 5 heteroatoms. The monoisotopic (exact) mass is 412 g/mol. The van der Waals surface area contributed by atoms with E-state index >= 15 is 0 Å². The van der Waals surface area contributed by atoms with E-state index < -0.39 is 0 Å². The van der Waals surface area contributed by atoms with E-state index in [1.807, 2.05) is 36.5 Å². The molecule has 0 atom stereocenters. The minimum absolute atomic E-state index is 0.318. The lowest BCUT2D eigenvalue weighted by Gasteiger charge is -2.23. The van der Waals surface area contributed by atoms with Crippen molar-refractivity contribution in [3.8, 4) is 11.4 Å². The number of halogens is 1. The molecule has 1 N–H and O–H groups in total. The van der Waals surface area contributed by atoms with Crippen LogP contribution in [-0.4, -0.2) is 23.0 Å². The summed E-state index contributed by atoms with van der Waals surface area (Å²) in [4.78, 5) is 20.1. The molecule has 0 unspecified atom stereocenters. The van der Waals surface area contributed by atoms with Gasteiger partial charge in [0.15, 0.2) is 0 Å². The summed E-state index contributed by atoms with van der Waals surface area (Å²) in [5, 5.41) is 1.18. The van der Waals surface area contributed by atoms with E-state index in [0.29, 0.717) is 11.5 Å². The van der Waals surface area contributed by atoms with Gasteiger partial charge in [0.25, 0.3) is 0 Å². The largest absolute Gasteiger partial charge is 0.465 e. The Bertz CT molecular complexity index is 958. The van der Waals surface area contributed by atoms with Gasteiger partial charge in [-0.05, 0) is 64.5 Å². The third-order valence-corrected chi connectivity index (χ3v) is 5.91. The third-order valence-electron chi connectivity index (χ3n) is 5.27. The summed E-state index contributed by atoms with van der Waals surface area (Å²) in [7, 11) is 1.41. The highest BCUT2D eigenvalue weighted by Crippen LogP contribution is 2.43. The van der Waals surface area contributed by atoms with Crippen LogP contribution in [0.5, 0.6) is 0 Å². The molecule has 0 spiro atoms. The number of nitrogens with one attached hydrogen (secondary N) is 1. The molecule has 0 radical (unpaired) electrons. The molecule has 0 bridgehead atoms. The molecule has 4 rings (SSSR count). The summed E-state index contributed by atoms with van der Waals surface area (Å²) in [5.41, 5.74) is 4.82. The van der Waals surface area contributed by atoms with Crippen molar-refractivity contribution < 1.29 is 9.53 Å². The number of aromatic amines is 1. The van der Waals surface area contributed by atoms with Crippen molar-refractivity contribution in [1.82, 2.24) is 9.97 Å². The van der Waals surface area contributed by atoms with Crippen LogP contribution in [0.1, 0.15) is 53.9 Å². The fourth-order valence-corrected chi connectivity index (χ4v) is 4.49. The number of benzene rings is 1. The molecule has 0 aliphatic heterocycles. The Labute approximate surface area is 161 Å². The topological polar surface area (TPSA) is 55.0 Å². The van der Waals surface area contributed by atoms with Gasteiger partial charge in [0, 0.05) is 21.6 Å². The van der Waals surface area contributed by atoms with Gasteiger partial charge in [-0.3, -0.25) is 4.98 Å². The number of carbonyl (C=O) groups excluding carboxylic acids is 1. The Morgan fingerprint density at radius 3 is 2.77 bits per heavy atom. The molecule has 134 valence electrons. The minimum atomic E-state index is -0.318. The van der Waals surface area contributed by atoms with Crippen molar-refractivity contribution in [1.29, 1.82) is 0 Å². The first-order valence-electron chi connectivity index (χ1n) is 9.04. The number of rotatable bonds is 3. The fraction of sp³-hybridized carbons (Fsp3) is 0.333. The van der Waals surface area contributed by atoms with Crippen molar-refractivity contribution in [2.45, 2.75) is 38.0 Å². The summed E-state index contributed by atoms with van der Waals surface area (Å²) in [6.07, 6.45) is 8.05. The molecular weight excluding hydrogens is 392 g/mol. The molecule has 26 heavy (non-hydrogen) atoms. The predicted molar refractivity (Wildman–Crippen MR) is 106 cm³/mol. The highest BCUT2D eigenvalue weighted by molar-refractivity contribution is 9.10. The van der Waals surface area contributed by atoms with Gasteiger partial charge in [-0.25, -0.2) is 4.79 Å². The summed E-state index contributed by atoms with van der Waals surface area (Å²) in [5.74, 6) is 0.201. The van der Waals surface area contributed by atoms with E-state index in [9.17, 15) is 4.79 Å². The third kappa shape index (κ3) is 3.05. The number of methoxy groups -OCH3 is 1. The highest BCUT2D eigenvalue weighted by atomic mass is 79.9. The standard InChI is InChI=1S/C21H21BrN2O2/c1-26-21(25)14-9-10-15-17(12-14)24-20(19-16(22)8-5-11-23-19)18(15)13-6-3-2-4-7-13/h5,8-13,24H,2-4,6-7H2,1H3. The Morgan fingerprint density at radius 2 is 2.04 bits per heavy atom. The molecule has 4 nitrogen and oxygen atoms in total. The number of hydrogen-bond donors (Lipinski definition) is 1. The normalized spacial score (nSPS) is 15.3. The van der Waals surface area contributed by atoms with E-state index in [1.165, 1.54) is 50.2 Å². The fourth-order valence-electron chi connectivity index (χ4n) is 4.04. The number of fused-ring (bicyclic) bond motifs is 1. The molecule has 2 aromatic heterocycles. The molecule has 3 aromatic rings. The van der Waals surface area contributed by atoms with E-state index in [4.69, 9.17) is 4.74 Å². The smallest absolute Gasteiger partial charge is 0.337 e. The first kappa shape index (κ1) is 17.3. The number of nitrogens with zero attached hydrogens (tertiary/aromatic N) is 1. The lowest BCUT2D eigenvalue weighted by atomic mass is 9.82. The van der Waals surface area contributed by atoms with Crippen LogP contribution in [-0.2, 0) is 4.74 Å². The average molecular weight is 413 g/mol. The van der Waals surface area contributed by atoms with Gasteiger partial charge in [-0.15, -0.1) is 0 Å². The number of esters is 1. The summed E-state index contributed by atoms with van der Waals surface area (Å²) >= 11 is 3.64. The second-order valence-electron chi connectivity index (χ2n) is 6.83. The Morgan fingerprint density at radius 1 is 1.23 bits per heavy atom. The lowest BCUT2D eigenvalue weighted by Crippen LogP contribution is -2.06. The van der Waals surface area contributed by atoms with E-state index in [-0.39, 0.29) is 5.97 Å². The van der Waals surface area contributed by atoms with Gasteiger partial charge in [-0.1, -0.05) is 25.3 Å². The number of pyridine rings is 1. The van der Waals surface area contributed by atoms with Crippen molar-refractivity contribution in [2.24, 2.45) is 0 Å². The maximum absolute atomic E-state index is 11.9. The molecule has 1 saturated carbocycles. The van der Waals surface area contributed by atoms with Gasteiger partial charge in [0.1, 0.15) is 5.69 Å². The Balaban J connectivity index is 1.93. The average Bonchev–Trinajstić information content (AvgIpc) is 3.06. The minimum Gasteiger partial charge on any atom is -0.465 e. The Hall–Kier alpha value is -2.14. The molecule has 1 aliphatic carbocycles. The van der Waals surface area contributed by atoms with Crippen LogP contribution in [0, 0.1) is 0 Å². The molecule has 1 aromatic carbocycles. The zero-order chi connectivity index (χ0) is 18.1. The SMILES string of the molecule is COC(=O)c1ccc2c(C3CCCCC3)c(-c3ncccc3Br)[nH]c2c1. The summed E-state index contributed by atoms with van der Waals surface area (Å²) < 4.78 is 5.84. The van der Waals surface area contributed by atoms with Gasteiger partial charge < -0.3 is 9.72 Å². The van der Waals surface area contributed by atoms with Gasteiger partial charge >= 0.3 is 5.97 Å². The van der Waals surface area contributed by atoms with Crippen molar-refractivity contribution in [3.63, 3.8) is 0 Å². The molecule has 0 amide bonds. The zero-order valence-electron chi connectivity index (χ0n) is 14.7. The van der Waals surface area contributed by atoms with Gasteiger partial charge in [0.2, 0.25) is 0 Å². The first-order valence-corrected chi connectivity index (χ1v) is 9.83. The summed E-state index contributed by atoms with van der Waals surface area (Å²) in [6, 6.07) is 9.71. The van der Waals surface area contributed by atoms with Gasteiger partial charge in [-0.2, -0.15) is 0 Å². The van der Waals surface area contributed by atoms with E-state index in [2.05, 4.69) is 25.9 Å². The van der Waals surface area contributed by atoms with E-state index in [0.717, 1.165) is 21.4 Å². The number of aromatic nitrogens is 2. The second-order valence-corrected chi connectivity index (χ2v) is 7.69. The number of carbonyl (C=O) groups is 1. The van der Waals surface area contributed by atoms with Crippen LogP contribution in [0.3, 0.4) is 0 Å².